The molecule has 0 amide bonds. The Morgan fingerprint density at radius 2 is 2.12 bits per heavy atom. The second kappa shape index (κ2) is 7.28. The fourth-order valence-electron chi connectivity index (χ4n) is 1.80. The SMILES string of the molecule is CCOCC(O)COCC1CNCC(C)(C)O1. The van der Waals surface area contributed by atoms with Crippen LogP contribution in [0.25, 0.3) is 0 Å². The maximum Gasteiger partial charge on any atom is 0.101 e. The van der Waals surface area contributed by atoms with Gasteiger partial charge in [0, 0.05) is 19.7 Å². The first-order valence-electron chi connectivity index (χ1n) is 6.25. The lowest BCUT2D eigenvalue weighted by Crippen LogP contribution is -2.52. The normalized spacial score (nSPS) is 25.8. The maximum atomic E-state index is 9.51. The summed E-state index contributed by atoms with van der Waals surface area (Å²) in [5.41, 5.74) is -0.143. The quantitative estimate of drug-likeness (QED) is 0.671. The zero-order chi connectivity index (χ0) is 12.7. The molecule has 0 spiro atoms. The van der Waals surface area contributed by atoms with Crippen molar-refractivity contribution in [3.05, 3.63) is 0 Å². The van der Waals surface area contributed by atoms with Crippen LogP contribution in [0.1, 0.15) is 20.8 Å². The van der Waals surface area contributed by atoms with Gasteiger partial charge in [0.2, 0.25) is 0 Å². The molecule has 0 aromatic carbocycles. The molecule has 2 unspecified atom stereocenters. The number of rotatable bonds is 7. The van der Waals surface area contributed by atoms with E-state index in [9.17, 15) is 5.11 Å². The lowest BCUT2D eigenvalue weighted by Gasteiger charge is -2.36. The molecule has 5 nitrogen and oxygen atoms in total. The van der Waals surface area contributed by atoms with Crippen LogP contribution in [0.2, 0.25) is 0 Å². The van der Waals surface area contributed by atoms with Crippen LogP contribution < -0.4 is 5.32 Å². The Morgan fingerprint density at radius 1 is 1.41 bits per heavy atom. The number of aliphatic hydroxyl groups is 1. The summed E-state index contributed by atoms with van der Waals surface area (Å²) in [6.45, 7) is 9.39. The summed E-state index contributed by atoms with van der Waals surface area (Å²) in [7, 11) is 0. The molecular weight excluding hydrogens is 222 g/mol. The van der Waals surface area contributed by atoms with Crippen LogP contribution in [0.15, 0.2) is 0 Å². The molecule has 1 rings (SSSR count). The van der Waals surface area contributed by atoms with Crippen molar-refractivity contribution in [1.82, 2.24) is 5.32 Å². The molecule has 0 radical (unpaired) electrons. The first-order chi connectivity index (χ1) is 8.03. The molecule has 1 fully saturated rings. The second-order valence-electron chi connectivity index (χ2n) is 4.98. The minimum Gasteiger partial charge on any atom is -0.388 e. The van der Waals surface area contributed by atoms with E-state index in [0.717, 1.165) is 13.1 Å². The zero-order valence-electron chi connectivity index (χ0n) is 11.1. The topological polar surface area (TPSA) is 60.0 Å². The Balaban J connectivity index is 2.09. The molecule has 1 aliphatic heterocycles. The number of ether oxygens (including phenoxy) is 3. The highest BCUT2D eigenvalue weighted by Crippen LogP contribution is 2.15. The van der Waals surface area contributed by atoms with E-state index < -0.39 is 6.10 Å². The average molecular weight is 247 g/mol. The minimum atomic E-state index is -0.556. The molecular formula is C12H25NO4. The molecule has 1 heterocycles. The largest absolute Gasteiger partial charge is 0.388 e. The lowest BCUT2D eigenvalue weighted by molar-refractivity contribution is -0.127. The molecule has 2 atom stereocenters. The van der Waals surface area contributed by atoms with Gasteiger partial charge in [-0.3, -0.25) is 0 Å². The van der Waals surface area contributed by atoms with Gasteiger partial charge >= 0.3 is 0 Å². The Kier molecular flexibility index (Phi) is 6.37. The highest BCUT2D eigenvalue weighted by molar-refractivity contribution is 4.81. The predicted octanol–water partition coefficient (Wildman–Crippen LogP) is 0.167. The van der Waals surface area contributed by atoms with Crippen molar-refractivity contribution >= 4 is 0 Å². The Hall–Kier alpha value is -0.200. The van der Waals surface area contributed by atoms with Gasteiger partial charge in [-0.1, -0.05) is 0 Å². The van der Waals surface area contributed by atoms with Crippen LogP contribution >= 0.6 is 0 Å². The van der Waals surface area contributed by atoms with Crippen LogP contribution in [0.3, 0.4) is 0 Å². The third kappa shape index (κ3) is 6.33. The summed E-state index contributed by atoms with van der Waals surface area (Å²) < 4.78 is 16.4. The number of morpholine rings is 1. The maximum absolute atomic E-state index is 9.51. The summed E-state index contributed by atoms with van der Waals surface area (Å²) in [4.78, 5) is 0. The van der Waals surface area contributed by atoms with Crippen molar-refractivity contribution < 1.29 is 19.3 Å². The Labute approximate surface area is 103 Å². The predicted molar refractivity (Wildman–Crippen MR) is 65.1 cm³/mol. The van der Waals surface area contributed by atoms with Crippen molar-refractivity contribution in [2.45, 2.75) is 38.6 Å². The molecule has 102 valence electrons. The zero-order valence-corrected chi connectivity index (χ0v) is 11.1. The van der Waals surface area contributed by atoms with Crippen LogP contribution in [0, 0.1) is 0 Å². The van der Waals surface area contributed by atoms with Crippen LogP contribution in [-0.2, 0) is 14.2 Å². The lowest BCUT2D eigenvalue weighted by atomic mass is 10.1. The number of aliphatic hydroxyl groups excluding tert-OH is 1. The Bertz CT molecular complexity index is 211. The summed E-state index contributed by atoms with van der Waals surface area (Å²) in [6, 6.07) is 0. The van der Waals surface area contributed by atoms with Gasteiger partial charge in [-0.05, 0) is 20.8 Å². The van der Waals surface area contributed by atoms with Gasteiger partial charge in [-0.2, -0.15) is 0 Å². The fraction of sp³-hybridized carbons (Fsp3) is 1.00. The number of nitrogens with one attached hydrogen (secondary N) is 1. The van der Waals surface area contributed by atoms with Crippen molar-refractivity contribution in [2.24, 2.45) is 0 Å². The standard InChI is InChI=1S/C12H25NO4/c1-4-15-6-10(14)7-16-8-11-5-13-9-12(2,3)17-11/h10-11,13-14H,4-9H2,1-3H3. The van der Waals surface area contributed by atoms with Crippen molar-refractivity contribution in [1.29, 1.82) is 0 Å². The molecule has 0 aliphatic carbocycles. The molecule has 1 saturated heterocycles. The third-order valence-electron chi connectivity index (χ3n) is 2.54. The van der Waals surface area contributed by atoms with E-state index in [1.807, 2.05) is 6.92 Å². The van der Waals surface area contributed by atoms with Gasteiger partial charge in [0.05, 0.1) is 31.5 Å². The Morgan fingerprint density at radius 3 is 2.76 bits per heavy atom. The van der Waals surface area contributed by atoms with Crippen molar-refractivity contribution in [3.63, 3.8) is 0 Å². The fourth-order valence-corrected chi connectivity index (χ4v) is 1.80. The van der Waals surface area contributed by atoms with E-state index >= 15 is 0 Å². The smallest absolute Gasteiger partial charge is 0.101 e. The van der Waals surface area contributed by atoms with E-state index in [-0.39, 0.29) is 11.7 Å². The van der Waals surface area contributed by atoms with Gasteiger partial charge < -0.3 is 24.6 Å². The molecule has 0 saturated carbocycles. The molecule has 1 aliphatic rings. The van der Waals surface area contributed by atoms with E-state index in [4.69, 9.17) is 14.2 Å². The minimum absolute atomic E-state index is 0.0537. The molecule has 0 aromatic rings. The molecule has 5 heteroatoms. The molecule has 17 heavy (non-hydrogen) atoms. The van der Waals surface area contributed by atoms with Crippen LogP contribution in [-0.4, -0.2) is 62.4 Å². The summed E-state index contributed by atoms with van der Waals surface area (Å²) >= 11 is 0. The van der Waals surface area contributed by atoms with Crippen molar-refractivity contribution in [2.75, 3.05) is 39.5 Å². The van der Waals surface area contributed by atoms with Gasteiger partial charge in [-0.15, -0.1) is 0 Å². The van der Waals surface area contributed by atoms with E-state index in [2.05, 4.69) is 19.2 Å². The molecule has 0 aromatic heterocycles. The summed E-state index contributed by atoms with van der Waals surface area (Å²) in [5, 5.41) is 12.8. The summed E-state index contributed by atoms with van der Waals surface area (Å²) in [5.74, 6) is 0. The average Bonchev–Trinajstić information content (AvgIpc) is 2.25. The number of hydrogen-bond acceptors (Lipinski definition) is 5. The highest BCUT2D eigenvalue weighted by Gasteiger charge is 2.28. The van der Waals surface area contributed by atoms with Crippen molar-refractivity contribution in [3.8, 4) is 0 Å². The molecule has 2 N–H and O–H groups in total. The summed E-state index contributed by atoms with van der Waals surface area (Å²) in [6.07, 6.45) is -0.502. The number of hydrogen-bond donors (Lipinski definition) is 2. The highest BCUT2D eigenvalue weighted by atomic mass is 16.6. The van der Waals surface area contributed by atoms with Gasteiger partial charge in [-0.25, -0.2) is 0 Å². The monoisotopic (exact) mass is 247 g/mol. The van der Waals surface area contributed by atoms with Crippen LogP contribution in [0.4, 0.5) is 0 Å². The van der Waals surface area contributed by atoms with Gasteiger partial charge in [0.15, 0.2) is 0 Å². The van der Waals surface area contributed by atoms with Crippen LogP contribution in [0.5, 0.6) is 0 Å². The second-order valence-corrected chi connectivity index (χ2v) is 4.98. The van der Waals surface area contributed by atoms with E-state index in [0.29, 0.717) is 26.4 Å². The molecule has 0 bridgehead atoms. The van der Waals surface area contributed by atoms with E-state index in [1.165, 1.54) is 0 Å². The first kappa shape index (κ1) is 14.9. The third-order valence-corrected chi connectivity index (χ3v) is 2.54. The van der Waals surface area contributed by atoms with Gasteiger partial charge in [0.25, 0.3) is 0 Å². The van der Waals surface area contributed by atoms with Gasteiger partial charge in [0.1, 0.15) is 6.10 Å². The first-order valence-corrected chi connectivity index (χ1v) is 6.25. The van der Waals surface area contributed by atoms with E-state index in [1.54, 1.807) is 0 Å².